The van der Waals surface area contributed by atoms with Crippen LogP contribution in [-0.4, -0.2) is 20.2 Å². The third-order valence-electron chi connectivity index (χ3n) is 4.08. The Kier molecular flexibility index (Phi) is 6.99. The van der Waals surface area contributed by atoms with Gasteiger partial charge in [0, 0.05) is 21.9 Å². The smallest absolute Gasteiger partial charge is 0.165 e. The Labute approximate surface area is 183 Å². The second-order valence-electron chi connectivity index (χ2n) is 6.08. The lowest BCUT2D eigenvalue weighted by Gasteiger charge is -2.01. The van der Waals surface area contributed by atoms with Crippen molar-refractivity contribution in [1.29, 1.82) is 5.26 Å². The van der Waals surface area contributed by atoms with E-state index in [9.17, 15) is 5.26 Å². The first-order valence-corrected chi connectivity index (χ1v) is 10.4. The second kappa shape index (κ2) is 9.66. The summed E-state index contributed by atoms with van der Waals surface area (Å²) >= 11 is 12.9. The topological polar surface area (TPSA) is 78.2 Å². The minimum absolute atomic E-state index is 0.648. The highest BCUT2D eigenvalue weighted by molar-refractivity contribution is 7.19. The number of aromatic amines is 1. The van der Waals surface area contributed by atoms with Gasteiger partial charge in [-0.25, -0.2) is 4.98 Å². The first-order valence-electron chi connectivity index (χ1n) is 8.78. The third-order valence-corrected chi connectivity index (χ3v) is 5.91. The summed E-state index contributed by atoms with van der Waals surface area (Å²) in [5, 5.41) is 17.4. The molecule has 0 saturated carbocycles. The molecule has 0 atom stereocenters. The van der Waals surface area contributed by atoms with E-state index >= 15 is 0 Å². The van der Waals surface area contributed by atoms with Gasteiger partial charge < -0.3 is 0 Å². The maximum atomic E-state index is 9.31. The molecule has 8 heteroatoms. The van der Waals surface area contributed by atoms with Crippen molar-refractivity contribution in [2.45, 2.75) is 20.3 Å². The van der Waals surface area contributed by atoms with Crippen LogP contribution in [-0.2, 0) is 6.42 Å². The number of rotatable bonds is 3. The number of aromatic nitrogens is 4. The Hall–Kier alpha value is -2.72. The molecule has 0 aliphatic rings. The normalized spacial score (nSPS) is 10.2. The molecule has 0 aliphatic carbocycles. The Bertz CT molecular complexity index is 1150. The van der Waals surface area contributed by atoms with E-state index in [0.717, 1.165) is 38.0 Å². The molecule has 0 amide bonds. The Morgan fingerprint density at radius 1 is 1.14 bits per heavy atom. The molecule has 0 saturated heterocycles. The number of nitrogens with zero attached hydrogens (tertiary/aromatic N) is 4. The number of hydrogen-bond donors (Lipinski definition) is 1. The molecule has 0 bridgehead atoms. The molecule has 1 aromatic carbocycles. The quantitative estimate of drug-likeness (QED) is 0.402. The summed E-state index contributed by atoms with van der Waals surface area (Å²) < 4.78 is 0. The van der Waals surface area contributed by atoms with Crippen molar-refractivity contribution in [3.8, 4) is 27.2 Å². The van der Waals surface area contributed by atoms with Crippen molar-refractivity contribution in [1.82, 2.24) is 20.2 Å². The molecule has 0 aliphatic heterocycles. The number of H-pyrrole nitrogens is 1. The maximum absolute atomic E-state index is 9.31. The van der Waals surface area contributed by atoms with E-state index in [-0.39, 0.29) is 0 Å². The molecule has 4 aromatic rings. The van der Waals surface area contributed by atoms with E-state index in [1.165, 1.54) is 17.7 Å². The maximum Gasteiger partial charge on any atom is 0.165 e. The van der Waals surface area contributed by atoms with Crippen molar-refractivity contribution in [2.75, 3.05) is 0 Å². The summed E-state index contributed by atoms with van der Waals surface area (Å²) in [5.74, 6) is 0.683. The van der Waals surface area contributed by atoms with Gasteiger partial charge in [0.05, 0.1) is 15.3 Å². The molecular weight excluding hydrogens is 425 g/mol. The van der Waals surface area contributed by atoms with Crippen LogP contribution < -0.4 is 0 Å². The van der Waals surface area contributed by atoms with E-state index in [1.807, 2.05) is 37.3 Å². The second-order valence-corrected chi connectivity index (χ2v) is 7.98. The van der Waals surface area contributed by atoms with E-state index < -0.39 is 0 Å². The fraction of sp³-hybridized carbons (Fsp3) is 0.143. The number of halogens is 2. The van der Waals surface area contributed by atoms with Gasteiger partial charge in [0.25, 0.3) is 0 Å². The lowest BCUT2D eigenvalue weighted by atomic mass is 10.1. The third kappa shape index (κ3) is 5.21. The first-order chi connectivity index (χ1) is 14.0. The number of benzene rings is 1. The highest BCUT2D eigenvalue weighted by atomic mass is 35.5. The molecule has 0 spiro atoms. The van der Waals surface area contributed by atoms with Gasteiger partial charge in [0.2, 0.25) is 0 Å². The molecule has 0 fully saturated rings. The van der Waals surface area contributed by atoms with E-state index in [1.54, 1.807) is 12.3 Å². The zero-order valence-electron chi connectivity index (χ0n) is 15.8. The number of pyridine rings is 1. The number of nitriles is 1. The van der Waals surface area contributed by atoms with Gasteiger partial charge in [-0.15, -0.1) is 11.3 Å². The van der Waals surface area contributed by atoms with Crippen LogP contribution in [0.4, 0.5) is 0 Å². The van der Waals surface area contributed by atoms with Crippen molar-refractivity contribution >= 4 is 34.5 Å². The number of thiophene rings is 1. The molecule has 146 valence electrons. The Morgan fingerprint density at radius 2 is 1.97 bits per heavy atom. The molecule has 5 nitrogen and oxygen atoms in total. The Morgan fingerprint density at radius 3 is 2.59 bits per heavy atom. The van der Waals surface area contributed by atoms with Crippen LogP contribution in [0.15, 0.2) is 48.9 Å². The fourth-order valence-electron chi connectivity index (χ4n) is 2.51. The Balaban J connectivity index is 0.000000224. The van der Waals surface area contributed by atoms with Gasteiger partial charge in [-0.05, 0) is 54.8 Å². The zero-order chi connectivity index (χ0) is 20.8. The molecule has 1 N–H and O–H groups in total. The number of hydrogen-bond acceptors (Lipinski definition) is 5. The van der Waals surface area contributed by atoms with Gasteiger partial charge in [0.15, 0.2) is 5.82 Å². The van der Waals surface area contributed by atoms with Crippen LogP contribution in [0.5, 0.6) is 0 Å². The monoisotopic (exact) mass is 441 g/mol. The van der Waals surface area contributed by atoms with Crippen LogP contribution in [0, 0.1) is 18.3 Å². The summed E-state index contributed by atoms with van der Waals surface area (Å²) in [4.78, 5) is 10.3. The van der Waals surface area contributed by atoms with Gasteiger partial charge >= 0.3 is 0 Å². The van der Waals surface area contributed by atoms with E-state index in [2.05, 4.69) is 33.2 Å². The van der Waals surface area contributed by atoms with Crippen molar-refractivity contribution in [3.63, 3.8) is 0 Å². The summed E-state index contributed by atoms with van der Waals surface area (Å²) in [6.45, 7) is 4.00. The van der Waals surface area contributed by atoms with Crippen LogP contribution in [0.2, 0.25) is 10.0 Å². The van der Waals surface area contributed by atoms with Crippen LogP contribution in [0.25, 0.3) is 21.1 Å². The molecule has 3 heterocycles. The molecule has 0 unspecified atom stereocenters. The predicted octanol–water partition coefficient (Wildman–Crippen LogP) is 6.33. The fourth-order valence-corrected chi connectivity index (χ4v) is 3.97. The first kappa shape index (κ1) is 21.0. The van der Waals surface area contributed by atoms with Crippen molar-refractivity contribution < 1.29 is 0 Å². The predicted molar refractivity (Wildman–Crippen MR) is 118 cm³/mol. The average Bonchev–Trinajstić information content (AvgIpc) is 3.41. The highest BCUT2D eigenvalue weighted by Gasteiger charge is 2.14. The summed E-state index contributed by atoms with van der Waals surface area (Å²) in [6.07, 6.45) is 4.11. The summed E-state index contributed by atoms with van der Waals surface area (Å²) in [5.41, 5.74) is 3.74. The van der Waals surface area contributed by atoms with Gasteiger partial charge in [-0.2, -0.15) is 10.4 Å². The summed E-state index contributed by atoms with van der Waals surface area (Å²) in [7, 11) is 0. The number of aryl methyl sites for hydroxylation is 2. The molecule has 0 radical (unpaired) electrons. The molecular formula is C21H17Cl2N5S. The lowest BCUT2D eigenvalue weighted by Crippen LogP contribution is -1.86. The van der Waals surface area contributed by atoms with Crippen LogP contribution in [0.3, 0.4) is 0 Å². The minimum atomic E-state index is 0.648. The minimum Gasteiger partial charge on any atom is -0.261 e. The van der Waals surface area contributed by atoms with E-state index in [4.69, 9.17) is 23.2 Å². The van der Waals surface area contributed by atoms with Gasteiger partial charge in [0.1, 0.15) is 12.4 Å². The van der Waals surface area contributed by atoms with Gasteiger partial charge in [-0.3, -0.25) is 10.1 Å². The van der Waals surface area contributed by atoms with Crippen molar-refractivity contribution in [3.05, 3.63) is 75.8 Å². The molecule has 29 heavy (non-hydrogen) atoms. The molecule has 3 aromatic heterocycles. The van der Waals surface area contributed by atoms with Gasteiger partial charge in [-0.1, -0.05) is 36.2 Å². The largest absolute Gasteiger partial charge is 0.261 e. The number of nitrogens with one attached hydrogen (secondary N) is 1. The standard InChI is InChI=1S/C14H11N5S.C7H6Cl2/c1-2-11-5-9(3-4-16-11)13-10(7-15)6-12(20-13)14-17-8-18-19-14;1-5-2-3-6(8)4-7(5)9/h3-6,8H,2H2,1H3,(H,17,18,19);2-4H,1H3. The molecule has 4 rings (SSSR count). The van der Waals surface area contributed by atoms with Crippen LogP contribution in [0.1, 0.15) is 23.7 Å². The van der Waals surface area contributed by atoms with E-state index in [0.29, 0.717) is 16.4 Å². The summed E-state index contributed by atoms with van der Waals surface area (Å²) in [6, 6.07) is 13.5. The average molecular weight is 442 g/mol. The lowest BCUT2D eigenvalue weighted by molar-refractivity contribution is 1.04. The zero-order valence-corrected chi connectivity index (χ0v) is 18.1. The highest BCUT2D eigenvalue weighted by Crippen LogP contribution is 2.36. The van der Waals surface area contributed by atoms with Crippen LogP contribution >= 0.6 is 34.5 Å². The van der Waals surface area contributed by atoms with Crippen molar-refractivity contribution in [2.24, 2.45) is 0 Å². The SMILES string of the molecule is CCc1cc(-c2sc(-c3ncn[nH]3)cc2C#N)ccn1.Cc1ccc(Cl)cc1Cl.